The molecule has 0 fully saturated rings. The molecule has 0 bridgehead atoms. The lowest BCUT2D eigenvalue weighted by molar-refractivity contribution is -0.145. The maximum atomic E-state index is 12.3. The molecule has 0 aliphatic heterocycles. The van der Waals surface area contributed by atoms with Crippen molar-refractivity contribution in [1.82, 2.24) is 0 Å². The summed E-state index contributed by atoms with van der Waals surface area (Å²) < 4.78 is 4.96. The molecule has 0 saturated carbocycles. The van der Waals surface area contributed by atoms with Crippen molar-refractivity contribution in [2.45, 2.75) is 19.4 Å². The van der Waals surface area contributed by atoms with E-state index in [4.69, 9.17) is 16.3 Å². The predicted molar refractivity (Wildman–Crippen MR) is 85.6 cm³/mol. The number of methoxy groups -OCH3 is 1. The number of ether oxygens (including phenoxy) is 1. The van der Waals surface area contributed by atoms with Gasteiger partial charge < -0.3 is 10.1 Å². The lowest BCUT2D eigenvalue weighted by atomic mass is 9.91. The third-order valence-corrected chi connectivity index (χ3v) is 3.71. The van der Waals surface area contributed by atoms with E-state index in [-0.39, 0.29) is 5.97 Å². The van der Waals surface area contributed by atoms with Crippen LogP contribution in [0.1, 0.15) is 18.1 Å². The molecule has 0 aromatic heterocycles. The molecular weight excluding hydrogens is 286 g/mol. The molecule has 4 heteroatoms. The summed E-state index contributed by atoms with van der Waals surface area (Å²) in [6.07, 6.45) is 0. The predicted octanol–water partition coefficient (Wildman–Crippen LogP) is 4.15. The highest BCUT2D eigenvalue weighted by Crippen LogP contribution is 2.28. The summed E-state index contributed by atoms with van der Waals surface area (Å²) in [4.78, 5) is 12.3. The molecule has 0 aliphatic carbocycles. The molecule has 21 heavy (non-hydrogen) atoms. The zero-order valence-corrected chi connectivity index (χ0v) is 13.1. The number of nitrogens with one attached hydrogen (secondary N) is 1. The first kappa shape index (κ1) is 15.4. The summed E-state index contributed by atoms with van der Waals surface area (Å²) in [5, 5.41) is 3.88. The Kier molecular flexibility index (Phi) is 4.53. The van der Waals surface area contributed by atoms with Gasteiger partial charge in [0.25, 0.3) is 0 Å². The minimum atomic E-state index is -0.978. The van der Waals surface area contributed by atoms with E-state index < -0.39 is 5.54 Å². The van der Waals surface area contributed by atoms with Crippen molar-refractivity contribution in [3.63, 3.8) is 0 Å². The molecule has 3 nitrogen and oxygen atoms in total. The van der Waals surface area contributed by atoms with E-state index in [0.29, 0.717) is 5.02 Å². The highest BCUT2D eigenvalue weighted by atomic mass is 35.5. The van der Waals surface area contributed by atoms with Crippen LogP contribution >= 0.6 is 11.6 Å². The van der Waals surface area contributed by atoms with Gasteiger partial charge in [-0.1, -0.05) is 41.4 Å². The van der Waals surface area contributed by atoms with E-state index in [0.717, 1.165) is 16.8 Å². The normalized spacial score (nSPS) is 13.3. The quantitative estimate of drug-likeness (QED) is 0.862. The molecule has 0 aliphatic rings. The third kappa shape index (κ3) is 3.37. The van der Waals surface area contributed by atoms with Crippen LogP contribution in [0.25, 0.3) is 0 Å². The van der Waals surface area contributed by atoms with Crippen LogP contribution in [0.3, 0.4) is 0 Å². The summed E-state index contributed by atoms with van der Waals surface area (Å²) in [6, 6.07) is 15.0. The van der Waals surface area contributed by atoms with E-state index in [1.807, 2.05) is 43.3 Å². The molecule has 1 atom stereocenters. The van der Waals surface area contributed by atoms with Gasteiger partial charge in [0.05, 0.1) is 7.11 Å². The topological polar surface area (TPSA) is 38.3 Å². The van der Waals surface area contributed by atoms with Gasteiger partial charge in [0.2, 0.25) is 0 Å². The SMILES string of the molecule is COC(=O)C(C)(Nc1ccc(C)cc1)c1ccc(Cl)cc1. The zero-order valence-electron chi connectivity index (χ0n) is 12.3. The lowest BCUT2D eigenvalue weighted by Gasteiger charge is -2.29. The summed E-state index contributed by atoms with van der Waals surface area (Å²) >= 11 is 5.92. The number of hydrogen-bond donors (Lipinski definition) is 1. The second-order valence-corrected chi connectivity index (χ2v) is 5.55. The van der Waals surface area contributed by atoms with E-state index in [2.05, 4.69) is 5.32 Å². The molecule has 0 heterocycles. The van der Waals surface area contributed by atoms with Crippen molar-refractivity contribution in [1.29, 1.82) is 0 Å². The van der Waals surface area contributed by atoms with Gasteiger partial charge in [0, 0.05) is 10.7 Å². The molecule has 0 saturated heterocycles. The maximum absolute atomic E-state index is 12.3. The van der Waals surface area contributed by atoms with Crippen molar-refractivity contribution in [2.24, 2.45) is 0 Å². The molecule has 0 spiro atoms. The second-order valence-electron chi connectivity index (χ2n) is 5.11. The number of aryl methyl sites for hydroxylation is 1. The highest BCUT2D eigenvalue weighted by molar-refractivity contribution is 6.30. The van der Waals surface area contributed by atoms with Crippen LogP contribution in [0.2, 0.25) is 5.02 Å². The van der Waals surface area contributed by atoms with Crippen LogP contribution < -0.4 is 5.32 Å². The van der Waals surface area contributed by atoms with Gasteiger partial charge in [-0.25, -0.2) is 4.79 Å². The molecule has 0 amide bonds. The second kappa shape index (κ2) is 6.19. The van der Waals surface area contributed by atoms with E-state index in [9.17, 15) is 4.79 Å². The average molecular weight is 304 g/mol. The Hall–Kier alpha value is -2.00. The van der Waals surface area contributed by atoms with Crippen molar-refractivity contribution in [3.05, 3.63) is 64.7 Å². The van der Waals surface area contributed by atoms with Gasteiger partial charge in [-0.3, -0.25) is 0 Å². The Morgan fingerprint density at radius 1 is 1.10 bits per heavy atom. The number of benzene rings is 2. The molecule has 2 rings (SSSR count). The van der Waals surface area contributed by atoms with Crippen LogP contribution in [0.4, 0.5) is 5.69 Å². The number of rotatable bonds is 4. The Bertz CT molecular complexity index is 622. The fourth-order valence-corrected chi connectivity index (χ4v) is 2.28. The first-order valence-electron chi connectivity index (χ1n) is 6.65. The molecule has 1 N–H and O–H groups in total. The van der Waals surface area contributed by atoms with E-state index in [1.165, 1.54) is 7.11 Å². The van der Waals surface area contributed by atoms with Crippen molar-refractivity contribution >= 4 is 23.3 Å². The first-order valence-corrected chi connectivity index (χ1v) is 7.03. The van der Waals surface area contributed by atoms with Gasteiger partial charge in [0.15, 0.2) is 5.54 Å². The fraction of sp³-hybridized carbons (Fsp3) is 0.235. The van der Waals surface area contributed by atoms with Gasteiger partial charge in [-0.15, -0.1) is 0 Å². The smallest absolute Gasteiger partial charge is 0.335 e. The molecular formula is C17H18ClNO2. The lowest BCUT2D eigenvalue weighted by Crippen LogP contribution is -2.41. The minimum Gasteiger partial charge on any atom is -0.467 e. The van der Waals surface area contributed by atoms with Crippen LogP contribution in [0.5, 0.6) is 0 Å². The molecule has 1 unspecified atom stereocenters. The highest BCUT2D eigenvalue weighted by Gasteiger charge is 2.36. The number of carbonyl (C=O) groups excluding carboxylic acids is 1. The average Bonchev–Trinajstić information content (AvgIpc) is 2.49. The largest absolute Gasteiger partial charge is 0.467 e. The Balaban J connectivity index is 2.39. The Morgan fingerprint density at radius 2 is 1.67 bits per heavy atom. The Morgan fingerprint density at radius 3 is 2.19 bits per heavy atom. The van der Waals surface area contributed by atoms with Crippen LogP contribution in [-0.4, -0.2) is 13.1 Å². The van der Waals surface area contributed by atoms with Crippen LogP contribution in [-0.2, 0) is 15.1 Å². The zero-order chi connectivity index (χ0) is 15.5. The van der Waals surface area contributed by atoms with E-state index in [1.54, 1.807) is 19.1 Å². The number of anilines is 1. The molecule has 0 radical (unpaired) electrons. The van der Waals surface area contributed by atoms with Gasteiger partial charge in [-0.2, -0.15) is 0 Å². The molecule has 2 aromatic carbocycles. The number of esters is 1. The maximum Gasteiger partial charge on any atom is 0.335 e. The standard InChI is InChI=1S/C17H18ClNO2/c1-12-4-10-15(11-5-12)19-17(2,16(20)21-3)13-6-8-14(18)9-7-13/h4-11,19H,1-3H3. The van der Waals surface area contributed by atoms with Gasteiger partial charge in [0.1, 0.15) is 0 Å². The van der Waals surface area contributed by atoms with Crippen molar-refractivity contribution in [3.8, 4) is 0 Å². The minimum absolute atomic E-state index is 0.356. The van der Waals surface area contributed by atoms with Crippen molar-refractivity contribution in [2.75, 3.05) is 12.4 Å². The van der Waals surface area contributed by atoms with Gasteiger partial charge >= 0.3 is 5.97 Å². The number of halogens is 1. The summed E-state index contributed by atoms with van der Waals surface area (Å²) in [5.41, 5.74) is 1.82. The first-order chi connectivity index (χ1) is 9.95. The number of hydrogen-bond acceptors (Lipinski definition) is 3. The third-order valence-electron chi connectivity index (χ3n) is 3.46. The van der Waals surface area contributed by atoms with Crippen LogP contribution in [0, 0.1) is 6.92 Å². The monoisotopic (exact) mass is 303 g/mol. The summed E-state index contributed by atoms with van der Waals surface area (Å²) in [5.74, 6) is -0.356. The molecule has 110 valence electrons. The van der Waals surface area contributed by atoms with E-state index >= 15 is 0 Å². The summed E-state index contributed by atoms with van der Waals surface area (Å²) in [7, 11) is 1.38. The van der Waals surface area contributed by atoms with Gasteiger partial charge in [-0.05, 0) is 43.7 Å². The Labute approximate surface area is 129 Å². The molecule has 2 aromatic rings. The van der Waals surface area contributed by atoms with Crippen molar-refractivity contribution < 1.29 is 9.53 Å². The fourth-order valence-electron chi connectivity index (χ4n) is 2.15. The van der Waals surface area contributed by atoms with Crippen LogP contribution in [0.15, 0.2) is 48.5 Å². The number of carbonyl (C=O) groups is 1. The summed E-state index contributed by atoms with van der Waals surface area (Å²) in [6.45, 7) is 3.81.